The molecule has 3 rings (SSSR count). The van der Waals surface area contributed by atoms with Crippen LogP contribution in [-0.4, -0.2) is 41.6 Å². The number of hydrogen-bond donors (Lipinski definition) is 1. The van der Waals surface area contributed by atoms with Crippen LogP contribution in [0.3, 0.4) is 0 Å². The summed E-state index contributed by atoms with van der Waals surface area (Å²) in [5.41, 5.74) is -0.0481. The van der Waals surface area contributed by atoms with E-state index in [2.05, 4.69) is 5.32 Å². The molecule has 204 valence electrons. The largest absolute Gasteiger partial charge is 0.416 e. The van der Waals surface area contributed by atoms with Gasteiger partial charge in [-0.3, -0.25) is 14.4 Å². The van der Waals surface area contributed by atoms with Gasteiger partial charge in [0.15, 0.2) is 5.78 Å². The zero-order valence-corrected chi connectivity index (χ0v) is 22.6. The Morgan fingerprint density at radius 3 is 2.53 bits per heavy atom. The molecule has 5 nitrogen and oxygen atoms in total. The third-order valence-corrected chi connectivity index (χ3v) is 7.23. The Morgan fingerprint density at radius 1 is 1.11 bits per heavy atom. The summed E-state index contributed by atoms with van der Waals surface area (Å²) in [5.74, 6) is -1.14. The van der Waals surface area contributed by atoms with Crippen molar-refractivity contribution >= 4 is 40.8 Å². The number of halogens is 5. The molecule has 0 saturated heterocycles. The molecule has 1 saturated carbocycles. The van der Waals surface area contributed by atoms with Crippen molar-refractivity contribution in [2.75, 3.05) is 7.05 Å². The van der Waals surface area contributed by atoms with Crippen molar-refractivity contribution in [3.05, 3.63) is 80.8 Å². The van der Waals surface area contributed by atoms with Crippen LogP contribution in [0, 0.1) is 6.92 Å². The fraction of sp³-hybridized carbons (Fsp3) is 0.393. The second kappa shape index (κ2) is 12.8. The van der Waals surface area contributed by atoms with Gasteiger partial charge in [-0.05, 0) is 67.6 Å². The summed E-state index contributed by atoms with van der Waals surface area (Å²) in [6.07, 6.45) is 1.92. The molecule has 2 aromatic rings. The topological polar surface area (TPSA) is 66.5 Å². The molecular formula is C28H29Cl2F3N2O3. The summed E-state index contributed by atoms with van der Waals surface area (Å²) in [4.78, 5) is 39.5. The predicted molar refractivity (Wildman–Crippen MR) is 141 cm³/mol. The van der Waals surface area contributed by atoms with Crippen LogP contribution < -0.4 is 5.32 Å². The minimum absolute atomic E-state index is 0.0104. The van der Waals surface area contributed by atoms with Gasteiger partial charge in [-0.2, -0.15) is 13.2 Å². The lowest BCUT2D eigenvalue weighted by Crippen LogP contribution is -2.40. The van der Waals surface area contributed by atoms with Gasteiger partial charge in [0.05, 0.1) is 27.7 Å². The second-order valence-corrected chi connectivity index (χ2v) is 10.3. The molecule has 2 amide bonds. The third kappa shape index (κ3) is 8.08. The van der Waals surface area contributed by atoms with Gasteiger partial charge in [0.25, 0.3) is 5.91 Å². The van der Waals surface area contributed by atoms with Crippen molar-refractivity contribution in [3.8, 4) is 0 Å². The van der Waals surface area contributed by atoms with E-state index < -0.39 is 35.6 Å². The first-order chi connectivity index (χ1) is 17.8. The number of nitrogens with one attached hydrogen (secondary N) is 1. The average molecular weight is 569 g/mol. The Morgan fingerprint density at radius 2 is 1.84 bits per heavy atom. The molecule has 0 bridgehead atoms. The minimum atomic E-state index is -4.60. The first-order valence-electron chi connectivity index (χ1n) is 12.3. The number of likely N-dealkylation sites (N-methyl/N-ethyl adjacent to an activating group) is 1. The van der Waals surface area contributed by atoms with Crippen LogP contribution in [0.15, 0.2) is 48.6 Å². The molecule has 38 heavy (non-hydrogen) atoms. The van der Waals surface area contributed by atoms with Crippen LogP contribution in [0.2, 0.25) is 10.0 Å². The van der Waals surface area contributed by atoms with Crippen molar-refractivity contribution in [2.24, 2.45) is 0 Å². The fourth-order valence-electron chi connectivity index (χ4n) is 4.40. The van der Waals surface area contributed by atoms with Crippen LogP contribution >= 0.6 is 23.2 Å². The Balaban J connectivity index is 1.87. The zero-order valence-electron chi connectivity index (χ0n) is 21.1. The number of carbonyl (C=O) groups is 3. The standard InChI is InChI=1S/C28H29Cl2F3N2O3/c1-17-12-19(16-20(13-17)28(31,32)33)27(38)35(2)21(14-18-8-10-22(29)23(30)15-18)9-11-26(37)34-24-6-4-3-5-7-25(24)36/h8-13,15-16,21,24H,3-7,14H2,1-2H3,(H,34,37)/b11-9+/t21-,24+/m0/s1. The first kappa shape index (κ1) is 29.7. The highest BCUT2D eigenvalue weighted by Crippen LogP contribution is 2.31. The van der Waals surface area contributed by atoms with E-state index in [1.165, 1.54) is 37.1 Å². The SMILES string of the molecule is Cc1cc(C(=O)N(C)[C@@H](/C=C/C(=O)N[C@@H]2CCCCCC2=O)Cc2ccc(Cl)c(Cl)c2)cc(C(F)(F)F)c1. The lowest BCUT2D eigenvalue weighted by atomic mass is 10.0. The van der Waals surface area contributed by atoms with Crippen LogP contribution in [0.25, 0.3) is 0 Å². The summed E-state index contributed by atoms with van der Waals surface area (Å²) in [5, 5.41) is 3.38. The average Bonchev–Trinajstić information content (AvgIpc) is 3.05. The number of hydrogen-bond acceptors (Lipinski definition) is 3. The third-order valence-electron chi connectivity index (χ3n) is 6.49. The molecule has 0 aromatic heterocycles. The predicted octanol–water partition coefficient (Wildman–Crippen LogP) is 6.58. The molecule has 0 unspecified atom stereocenters. The number of amides is 2. The number of benzene rings is 2. The lowest BCUT2D eigenvalue weighted by Gasteiger charge is -2.27. The number of aryl methyl sites for hydroxylation is 1. The molecule has 2 aromatic carbocycles. The molecule has 1 fully saturated rings. The van der Waals surface area contributed by atoms with E-state index in [1.807, 2.05) is 0 Å². The summed E-state index contributed by atoms with van der Waals surface area (Å²) in [6.45, 7) is 1.48. The maximum absolute atomic E-state index is 13.4. The molecule has 2 atom stereocenters. The molecule has 1 aliphatic rings. The summed E-state index contributed by atoms with van der Waals surface area (Å²) >= 11 is 12.2. The molecule has 0 heterocycles. The molecule has 1 N–H and O–H groups in total. The first-order valence-corrected chi connectivity index (χ1v) is 13.0. The second-order valence-electron chi connectivity index (χ2n) is 9.51. The van der Waals surface area contributed by atoms with Gasteiger partial charge in [-0.15, -0.1) is 0 Å². The summed E-state index contributed by atoms with van der Waals surface area (Å²) in [6, 6.07) is 6.84. The van der Waals surface area contributed by atoms with Gasteiger partial charge < -0.3 is 10.2 Å². The van der Waals surface area contributed by atoms with Crippen molar-refractivity contribution in [1.82, 2.24) is 10.2 Å². The minimum Gasteiger partial charge on any atom is -0.343 e. The number of rotatable bonds is 7. The smallest absolute Gasteiger partial charge is 0.343 e. The number of alkyl halides is 3. The molecule has 1 aliphatic carbocycles. The van der Waals surface area contributed by atoms with Crippen molar-refractivity contribution in [1.29, 1.82) is 0 Å². The maximum Gasteiger partial charge on any atom is 0.416 e. The van der Waals surface area contributed by atoms with Crippen LogP contribution in [-0.2, 0) is 22.2 Å². The van der Waals surface area contributed by atoms with Crippen LogP contribution in [0.5, 0.6) is 0 Å². The van der Waals surface area contributed by atoms with Crippen molar-refractivity contribution in [3.63, 3.8) is 0 Å². The Hall–Kier alpha value is -2.84. The van der Waals surface area contributed by atoms with Crippen molar-refractivity contribution in [2.45, 2.75) is 63.7 Å². The molecular weight excluding hydrogens is 540 g/mol. The van der Waals surface area contributed by atoms with Gasteiger partial charge in [-0.25, -0.2) is 0 Å². The highest BCUT2D eigenvalue weighted by atomic mass is 35.5. The molecule has 10 heteroatoms. The summed E-state index contributed by atoms with van der Waals surface area (Å²) in [7, 11) is 1.46. The van der Waals surface area contributed by atoms with E-state index in [0.29, 0.717) is 34.0 Å². The Labute approximate surface area is 230 Å². The number of nitrogens with zero attached hydrogens (tertiary/aromatic N) is 1. The van der Waals surface area contributed by atoms with Gasteiger partial charge in [0, 0.05) is 25.1 Å². The number of ketones is 1. The quantitative estimate of drug-likeness (QED) is 0.303. The number of Topliss-reactive ketones (excluding diaryl/α,β-unsaturated/α-hetero) is 1. The summed E-state index contributed by atoms with van der Waals surface area (Å²) < 4.78 is 40.1. The number of carbonyl (C=O) groups excluding carboxylic acids is 3. The lowest BCUT2D eigenvalue weighted by molar-refractivity contribution is -0.137. The molecule has 0 spiro atoms. The van der Waals surface area contributed by atoms with Gasteiger partial charge >= 0.3 is 6.18 Å². The van der Waals surface area contributed by atoms with E-state index in [1.54, 1.807) is 18.2 Å². The van der Waals surface area contributed by atoms with Crippen LogP contribution in [0.4, 0.5) is 13.2 Å². The highest BCUT2D eigenvalue weighted by molar-refractivity contribution is 6.42. The van der Waals surface area contributed by atoms with E-state index >= 15 is 0 Å². The van der Waals surface area contributed by atoms with Crippen LogP contribution in [0.1, 0.15) is 59.2 Å². The highest BCUT2D eigenvalue weighted by Gasteiger charge is 2.32. The normalized spacial score (nSPS) is 17.2. The monoisotopic (exact) mass is 568 g/mol. The van der Waals surface area contributed by atoms with E-state index in [0.717, 1.165) is 31.4 Å². The van der Waals surface area contributed by atoms with Gasteiger partial charge in [-0.1, -0.05) is 48.2 Å². The van der Waals surface area contributed by atoms with E-state index in [-0.39, 0.29) is 17.8 Å². The molecule has 0 aliphatic heterocycles. The van der Waals surface area contributed by atoms with E-state index in [9.17, 15) is 27.6 Å². The maximum atomic E-state index is 13.4. The zero-order chi connectivity index (χ0) is 28.0. The Kier molecular flexibility index (Phi) is 10.0. The molecule has 0 radical (unpaired) electrons. The Bertz CT molecular complexity index is 1230. The van der Waals surface area contributed by atoms with Gasteiger partial charge in [0.1, 0.15) is 0 Å². The van der Waals surface area contributed by atoms with Gasteiger partial charge in [0.2, 0.25) is 5.91 Å². The van der Waals surface area contributed by atoms with Crippen molar-refractivity contribution < 1.29 is 27.6 Å². The van der Waals surface area contributed by atoms with E-state index in [4.69, 9.17) is 23.2 Å². The fourth-order valence-corrected chi connectivity index (χ4v) is 4.72.